The van der Waals surface area contributed by atoms with E-state index in [0.717, 1.165) is 16.5 Å². The number of aromatic nitrogens is 1. The number of para-hydroxylation sites is 1. The molecule has 1 heterocycles. The van der Waals surface area contributed by atoms with Crippen molar-refractivity contribution in [3.8, 4) is 11.8 Å². The van der Waals surface area contributed by atoms with Crippen LogP contribution in [0.5, 0.6) is 0 Å². The van der Waals surface area contributed by atoms with E-state index in [2.05, 4.69) is 21.5 Å². The molecule has 0 unspecified atom stereocenters. The Morgan fingerprint density at radius 3 is 2.63 bits per heavy atom. The van der Waals surface area contributed by atoms with Gasteiger partial charge in [-0.05, 0) is 35.9 Å². The Morgan fingerprint density at radius 2 is 1.93 bits per heavy atom. The Balaban J connectivity index is 1.82. The minimum atomic E-state index is -3.96. The number of carbonyl (C=O) groups is 1. The molecule has 0 aliphatic rings. The van der Waals surface area contributed by atoms with Gasteiger partial charge in [0, 0.05) is 35.5 Å². The van der Waals surface area contributed by atoms with Gasteiger partial charge in [-0.2, -0.15) is 4.72 Å². The van der Waals surface area contributed by atoms with Gasteiger partial charge in [0.1, 0.15) is 6.04 Å². The first-order chi connectivity index (χ1) is 14.4. The predicted molar refractivity (Wildman–Crippen MR) is 113 cm³/mol. The van der Waals surface area contributed by atoms with Gasteiger partial charge in [0.15, 0.2) is 0 Å². The van der Waals surface area contributed by atoms with Crippen molar-refractivity contribution in [1.82, 2.24) is 9.71 Å². The van der Waals surface area contributed by atoms with Crippen molar-refractivity contribution in [1.29, 1.82) is 0 Å². The Hall–Kier alpha value is -3.12. The van der Waals surface area contributed by atoms with Gasteiger partial charge in [-0.3, -0.25) is 4.79 Å². The third kappa shape index (κ3) is 5.07. The molecule has 0 saturated heterocycles. The van der Waals surface area contributed by atoms with Crippen LogP contribution in [0.3, 0.4) is 0 Å². The summed E-state index contributed by atoms with van der Waals surface area (Å²) in [6, 6.07) is 12.5. The zero-order valence-corrected chi connectivity index (χ0v) is 17.2. The number of rotatable bonds is 7. The average molecular weight is 426 g/mol. The summed E-state index contributed by atoms with van der Waals surface area (Å²) in [6.45, 7) is -0.0330. The van der Waals surface area contributed by atoms with Gasteiger partial charge in [0.05, 0.1) is 18.6 Å². The van der Waals surface area contributed by atoms with Crippen molar-refractivity contribution in [2.45, 2.75) is 23.8 Å². The number of aliphatic hydroxyl groups is 1. The monoisotopic (exact) mass is 426 g/mol. The zero-order valence-electron chi connectivity index (χ0n) is 16.4. The van der Waals surface area contributed by atoms with E-state index in [-0.39, 0.29) is 17.9 Å². The van der Waals surface area contributed by atoms with Crippen LogP contribution >= 0.6 is 0 Å². The second kappa shape index (κ2) is 9.59. The number of ether oxygens (including phenoxy) is 1. The summed E-state index contributed by atoms with van der Waals surface area (Å²) in [5.41, 5.74) is 2.33. The minimum Gasteiger partial charge on any atom is -0.468 e. The third-order valence-corrected chi connectivity index (χ3v) is 6.00. The lowest BCUT2D eigenvalue weighted by atomic mass is 10.1. The van der Waals surface area contributed by atoms with Crippen LogP contribution in [0.15, 0.2) is 59.6 Å². The summed E-state index contributed by atoms with van der Waals surface area (Å²) in [5.74, 6) is 4.94. The molecule has 0 aliphatic carbocycles. The molecule has 3 aromatic rings. The number of nitrogens with one attached hydrogen (secondary N) is 2. The zero-order chi connectivity index (χ0) is 21.6. The molecule has 7 nitrogen and oxygen atoms in total. The number of carbonyl (C=O) groups excluding carboxylic acids is 1. The maximum absolute atomic E-state index is 12.8. The van der Waals surface area contributed by atoms with Crippen molar-refractivity contribution >= 4 is 26.9 Å². The van der Waals surface area contributed by atoms with Crippen molar-refractivity contribution in [2.75, 3.05) is 13.7 Å². The van der Waals surface area contributed by atoms with Gasteiger partial charge in [-0.15, -0.1) is 0 Å². The van der Waals surface area contributed by atoms with E-state index >= 15 is 0 Å². The highest BCUT2D eigenvalue weighted by Gasteiger charge is 2.27. The summed E-state index contributed by atoms with van der Waals surface area (Å²) in [6.07, 6.45) is 2.24. The maximum Gasteiger partial charge on any atom is 0.324 e. The highest BCUT2D eigenvalue weighted by Crippen LogP contribution is 2.20. The molecule has 156 valence electrons. The first kappa shape index (κ1) is 21.6. The summed E-state index contributed by atoms with van der Waals surface area (Å²) < 4.78 is 32.9. The molecule has 0 bridgehead atoms. The van der Waals surface area contributed by atoms with Gasteiger partial charge in [-0.1, -0.05) is 30.0 Å². The molecule has 0 saturated carbocycles. The van der Waals surface area contributed by atoms with Crippen LogP contribution < -0.4 is 4.72 Å². The van der Waals surface area contributed by atoms with E-state index in [1.165, 1.54) is 19.2 Å². The Kier molecular flexibility index (Phi) is 6.90. The normalized spacial score (nSPS) is 12.2. The molecule has 0 radical (unpaired) electrons. The maximum atomic E-state index is 12.8. The molecule has 3 rings (SSSR count). The summed E-state index contributed by atoms with van der Waals surface area (Å²) >= 11 is 0. The highest BCUT2D eigenvalue weighted by molar-refractivity contribution is 7.89. The molecule has 30 heavy (non-hydrogen) atoms. The number of aromatic amines is 1. The van der Waals surface area contributed by atoms with Crippen molar-refractivity contribution < 1.29 is 23.1 Å². The number of benzene rings is 2. The van der Waals surface area contributed by atoms with Gasteiger partial charge in [0.2, 0.25) is 10.0 Å². The number of methoxy groups -OCH3 is 1. The lowest BCUT2D eigenvalue weighted by molar-refractivity contribution is -0.142. The van der Waals surface area contributed by atoms with Gasteiger partial charge >= 0.3 is 5.97 Å². The van der Waals surface area contributed by atoms with E-state index in [0.29, 0.717) is 12.0 Å². The first-order valence-electron chi connectivity index (χ1n) is 9.29. The fourth-order valence-corrected chi connectivity index (χ4v) is 4.21. The van der Waals surface area contributed by atoms with Crippen LogP contribution in [0.1, 0.15) is 17.5 Å². The lowest BCUT2D eigenvalue weighted by Gasteiger charge is -2.16. The number of sulfonamides is 1. The quantitative estimate of drug-likeness (QED) is 0.395. The molecule has 1 aromatic heterocycles. The number of esters is 1. The molecular formula is C22H22N2O5S. The average Bonchev–Trinajstić information content (AvgIpc) is 3.16. The van der Waals surface area contributed by atoms with Crippen LogP contribution in [-0.4, -0.2) is 44.2 Å². The standard InChI is InChI=1S/C22H22N2O5S/c1-29-22(26)21(14-17-15-23-20-8-3-2-7-19(17)20)24-30(27,28)18-11-9-16(10-12-18)6-4-5-13-25/h2-3,7-12,15,21,23-25H,5,13-14H2,1H3/t21-/m1/s1. The van der Waals surface area contributed by atoms with Crippen LogP contribution in [0, 0.1) is 11.8 Å². The first-order valence-corrected chi connectivity index (χ1v) is 10.8. The second-order valence-corrected chi connectivity index (χ2v) is 8.27. The molecule has 1 atom stereocenters. The summed E-state index contributed by atoms with van der Waals surface area (Å²) in [5, 5.41) is 9.68. The van der Waals surface area contributed by atoms with Gasteiger partial charge in [-0.25, -0.2) is 8.42 Å². The lowest BCUT2D eigenvalue weighted by Crippen LogP contribution is -2.42. The van der Waals surface area contributed by atoms with Crippen LogP contribution in [0.4, 0.5) is 0 Å². The number of hydrogen-bond donors (Lipinski definition) is 3. The number of hydrogen-bond acceptors (Lipinski definition) is 5. The molecule has 2 aromatic carbocycles. The van der Waals surface area contributed by atoms with Crippen LogP contribution in [0.2, 0.25) is 0 Å². The number of H-pyrrole nitrogens is 1. The van der Waals surface area contributed by atoms with Crippen LogP contribution in [-0.2, 0) is 26.0 Å². The smallest absolute Gasteiger partial charge is 0.324 e. The Labute approximate surface area is 175 Å². The highest BCUT2D eigenvalue weighted by atomic mass is 32.2. The second-order valence-electron chi connectivity index (χ2n) is 6.56. The third-order valence-electron chi connectivity index (χ3n) is 4.52. The summed E-state index contributed by atoms with van der Waals surface area (Å²) in [4.78, 5) is 15.4. The molecule has 0 amide bonds. The number of aliphatic hydroxyl groups excluding tert-OH is 1. The SMILES string of the molecule is COC(=O)[C@@H](Cc1c[nH]c2ccccc12)NS(=O)(=O)c1ccc(C#CCCO)cc1. The fraction of sp³-hybridized carbons (Fsp3) is 0.227. The fourth-order valence-electron chi connectivity index (χ4n) is 3.03. The number of fused-ring (bicyclic) bond motifs is 1. The molecule has 3 N–H and O–H groups in total. The molecule has 0 spiro atoms. The molecule has 0 fully saturated rings. The predicted octanol–water partition coefficient (Wildman–Crippen LogP) is 1.96. The van der Waals surface area contributed by atoms with E-state index in [4.69, 9.17) is 9.84 Å². The van der Waals surface area contributed by atoms with Crippen molar-refractivity contribution in [2.24, 2.45) is 0 Å². The largest absolute Gasteiger partial charge is 0.468 e. The van der Waals surface area contributed by atoms with Crippen LogP contribution in [0.25, 0.3) is 10.9 Å². The molecule has 8 heteroatoms. The summed E-state index contributed by atoms with van der Waals surface area (Å²) in [7, 11) is -2.74. The van der Waals surface area contributed by atoms with E-state index in [1.54, 1.807) is 18.3 Å². The Bertz CT molecular complexity index is 1190. The Morgan fingerprint density at radius 1 is 1.20 bits per heavy atom. The minimum absolute atomic E-state index is 0.0167. The van der Waals surface area contributed by atoms with Gasteiger partial charge < -0.3 is 14.8 Å². The van der Waals surface area contributed by atoms with Crippen molar-refractivity contribution in [3.63, 3.8) is 0 Å². The topological polar surface area (TPSA) is 108 Å². The molecular weight excluding hydrogens is 404 g/mol. The van der Waals surface area contributed by atoms with Gasteiger partial charge in [0.25, 0.3) is 0 Å². The van der Waals surface area contributed by atoms with E-state index in [1.807, 2.05) is 24.3 Å². The van der Waals surface area contributed by atoms with Crippen molar-refractivity contribution in [3.05, 3.63) is 65.9 Å². The van der Waals surface area contributed by atoms with E-state index in [9.17, 15) is 13.2 Å². The molecule has 0 aliphatic heterocycles. The van der Waals surface area contributed by atoms with E-state index < -0.39 is 22.0 Å².